The molecule has 0 saturated heterocycles. The highest BCUT2D eigenvalue weighted by molar-refractivity contribution is 5.75. The van der Waals surface area contributed by atoms with Crippen LogP contribution in [0.3, 0.4) is 0 Å². The molecule has 0 spiro atoms. The number of fused-ring (bicyclic) bond motifs is 5. The van der Waals surface area contributed by atoms with Crippen molar-refractivity contribution >= 4 is 5.96 Å². The molecular formula is C24H38N6. The van der Waals surface area contributed by atoms with Gasteiger partial charge in [0.2, 0.25) is 5.96 Å². The van der Waals surface area contributed by atoms with Gasteiger partial charge in [-0.3, -0.25) is 0 Å². The average molecular weight is 411 g/mol. The van der Waals surface area contributed by atoms with E-state index in [1.807, 2.05) is 18.3 Å². The van der Waals surface area contributed by atoms with Gasteiger partial charge in [-0.25, -0.2) is 4.68 Å². The second-order valence-corrected chi connectivity index (χ2v) is 11.0. The second-order valence-electron chi connectivity index (χ2n) is 11.0. The van der Waals surface area contributed by atoms with Gasteiger partial charge in [-0.15, -0.1) is 10.2 Å². The molecule has 4 fully saturated rings. The molecule has 0 amide bonds. The number of hydrogen-bond acceptors (Lipinski definition) is 3. The average Bonchev–Trinajstić information content (AvgIpc) is 3.09. The largest absolute Gasteiger partial charge is 0.369 e. The van der Waals surface area contributed by atoms with Gasteiger partial charge >= 0.3 is 0 Å². The van der Waals surface area contributed by atoms with Crippen molar-refractivity contribution in [3.63, 3.8) is 0 Å². The summed E-state index contributed by atoms with van der Waals surface area (Å²) in [5, 5.41) is 12.9. The van der Waals surface area contributed by atoms with Gasteiger partial charge in [0.25, 0.3) is 0 Å². The molecule has 0 aliphatic heterocycles. The minimum Gasteiger partial charge on any atom is -0.369 e. The number of guanidine groups is 1. The maximum atomic E-state index is 5.52. The summed E-state index contributed by atoms with van der Waals surface area (Å²) in [6.07, 6.45) is 15.8. The predicted octanol–water partition coefficient (Wildman–Crippen LogP) is 3.95. The smallest absolute Gasteiger partial charge is 0.211 e. The number of rotatable bonds is 2. The second kappa shape index (κ2) is 7.38. The van der Waals surface area contributed by atoms with Crippen molar-refractivity contribution in [1.29, 1.82) is 0 Å². The minimum atomic E-state index is -0.0149. The van der Waals surface area contributed by atoms with Crippen molar-refractivity contribution in [3.05, 3.63) is 23.8 Å². The Morgan fingerprint density at radius 1 is 1.00 bits per heavy atom. The Hall–Kier alpha value is -1.85. The van der Waals surface area contributed by atoms with Crippen LogP contribution in [0.2, 0.25) is 0 Å². The van der Waals surface area contributed by atoms with Gasteiger partial charge in [-0.05, 0) is 98.0 Å². The molecular weight excluding hydrogens is 372 g/mol. The minimum absolute atomic E-state index is 0.0149. The highest BCUT2D eigenvalue weighted by Crippen LogP contribution is 2.68. The van der Waals surface area contributed by atoms with Crippen LogP contribution in [0.15, 0.2) is 28.5 Å². The van der Waals surface area contributed by atoms with Gasteiger partial charge in [0, 0.05) is 6.20 Å². The number of nitrogens with zero attached hydrogens (tertiary/aromatic N) is 4. The van der Waals surface area contributed by atoms with Crippen molar-refractivity contribution in [2.75, 3.05) is 0 Å². The maximum Gasteiger partial charge on any atom is 0.211 e. The molecule has 164 valence electrons. The molecule has 6 nitrogen and oxygen atoms in total. The maximum absolute atomic E-state index is 5.52. The summed E-state index contributed by atoms with van der Waals surface area (Å²) in [4.78, 5) is 0. The SMILES string of the molecule is C[C@]12CCCCC1CC[C@@H]1[C@H]2CC[C@]2(C)C(n3ncccc3=NN=C(N)N)CC[C@@H]12. The van der Waals surface area contributed by atoms with Gasteiger partial charge in [-0.2, -0.15) is 5.10 Å². The molecule has 1 aromatic rings. The lowest BCUT2D eigenvalue weighted by molar-refractivity contribution is -0.110. The van der Waals surface area contributed by atoms with E-state index in [9.17, 15) is 0 Å². The first-order valence-electron chi connectivity index (χ1n) is 12.1. The third kappa shape index (κ3) is 3.01. The first-order chi connectivity index (χ1) is 14.4. The van der Waals surface area contributed by atoms with E-state index in [1.54, 1.807) is 0 Å². The van der Waals surface area contributed by atoms with E-state index in [2.05, 4.69) is 28.7 Å². The highest BCUT2D eigenvalue weighted by atomic mass is 15.4. The molecule has 30 heavy (non-hydrogen) atoms. The van der Waals surface area contributed by atoms with E-state index in [0.717, 1.165) is 29.2 Å². The summed E-state index contributed by atoms with van der Waals surface area (Å²) >= 11 is 0. The summed E-state index contributed by atoms with van der Waals surface area (Å²) in [6.45, 7) is 5.19. The number of aromatic nitrogens is 2. The topological polar surface area (TPSA) is 94.6 Å². The van der Waals surface area contributed by atoms with Crippen molar-refractivity contribution in [1.82, 2.24) is 9.78 Å². The van der Waals surface area contributed by atoms with Crippen LogP contribution < -0.4 is 17.0 Å². The zero-order valence-electron chi connectivity index (χ0n) is 18.6. The van der Waals surface area contributed by atoms with E-state index < -0.39 is 0 Å². The molecule has 5 rings (SSSR count). The lowest BCUT2D eigenvalue weighted by Crippen LogP contribution is -2.53. The Kier molecular flexibility index (Phi) is 4.94. The van der Waals surface area contributed by atoms with Gasteiger partial charge in [-0.1, -0.05) is 26.7 Å². The first-order valence-corrected chi connectivity index (χ1v) is 12.1. The molecule has 4 N–H and O–H groups in total. The Bertz CT molecular complexity index is 886. The van der Waals surface area contributed by atoms with E-state index in [4.69, 9.17) is 16.6 Å². The third-order valence-corrected chi connectivity index (χ3v) is 9.85. The number of hydrogen-bond donors (Lipinski definition) is 2. The van der Waals surface area contributed by atoms with E-state index in [1.165, 1.54) is 64.2 Å². The van der Waals surface area contributed by atoms with Gasteiger partial charge < -0.3 is 11.5 Å². The summed E-state index contributed by atoms with van der Waals surface area (Å²) in [5.74, 6) is 3.57. The molecule has 0 aromatic carbocycles. The van der Waals surface area contributed by atoms with Gasteiger partial charge in [0.15, 0.2) is 5.49 Å². The van der Waals surface area contributed by atoms with Crippen LogP contribution in [0.4, 0.5) is 0 Å². The normalized spacial score (nSPS) is 43.4. The summed E-state index contributed by atoms with van der Waals surface area (Å²) < 4.78 is 2.11. The molecule has 4 aliphatic rings. The molecule has 4 saturated carbocycles. The summed E-state index contributed by atoms with van der Waals surface area (Å²) in [5.41, 5.74) is 12.7. The van der Waals surface area contributed by atoms with Gasteiger partial charge in [0.05, 0.1) is 6.04 Å². The molecule has 2 unspecified atom stereocenters. The summed E-state index contributed by atoms with van der Waals surface area (Å²) in [6, 6.07) is 4.25. The highest BCUT2D eigenvalue weighted by Gasteiger charge is 2.60. The first kappa shape index (κ1) is 20.1. The molecule has 7 atom stereocenters. The Morgan fingerprint density at radius 3 is 2.67 bits per heavy atom. The third-order valence-electron chi connectivity index (χ3n) is 9.85. The lowest BCUT2D eigenvalue weighted by atomic mass is 9.45. The zero-order valence-corrected chi connectivity index (χ0v) is 18.6. The fourth-order valence-corrected chi connectivity index (χ4v) is 8.47. The Balaban J connectivity index is 1.47. The van der Waals surface area contributed by atoms with Crippen LogP contribution in [-0.2, 0) is 0 Å². The van der Waals surface area contributed by atoms with Gasteiger partial charge in [0.1, 0.15) is 0 Å². The van der Waals surface area contributed by atoms with Crippen LogP contribution in [0.1, 0.15) is 84.1 Å². The van der Waals surface area contributed by atoms with E-state index >= 15 is 0 Å². The van der Waals surface area contributed by atoms with Crippen molar-refractivity contribution in [2.24, 2.45) is 56.2 Å². The predicted molar refractivity (Wildman–Crippen MR) is 119 cm³/mol. The molecule has 0 radical (unpaired) electrons. The Morgan fingerprint density at radius 2 is 1.83 bits per heavy atom. The van der Waals surface area contributed by atoms with Crippen molar-refractivity contribution < 1.29 is 0 Å². The summed E-state index contributed by atoms with van der Waals surface area (Å²) in [7, 11) is 0. The number of nitrogens with two attached hydrogens (primary N) is 2. The van der Waals surface area contributed by atoms with Crippen molar-refractivity contribution in [3.8, 4) is 0 Å². The van der Waals surface area contributed by atoms with Crippen LogP contribution in [0.25, 0.3) is 0 Å². The molecule has 6 heteroatoms. The van der Waals surface area contributed by atoms with Crippen LogP contribution >= 0.6 is 0 Å². The van der Waals surface area contributed by atoms with Crippen LogP contribution in [-0.4, -0.2) is 15.7 Å². The van der Waals surface area contributed by atoms with E-state index in [0.29, 0.717) is 11.5 Å². The zero-order chi connectivity index (χ0) is 20.9. The monoisotopic (exact) mass is 410 g/mol. The van der Waals surface area contributed by atoms with E-state index in [-0.39, 0.29) is 11.4 Å². The quantitative estimate of drug-likeness (QED) is 0.439. The lowest BCUT2D eigenvalue weighted by Gasteiger charge is -2.60. The molecule has 1 aromatic heterocycles. The van der Waals surface area contributed by atoms with Crippen molar-refractivity contribution in [2.45, 2.75) is 84.1 Å². The Labute approximate surface area is 180 Å². The molecule has 1 heterocycles. The fourth-order valence-electron chi connectivity index (χ4n) is 8.47. The fraction of sp³-hybridized carbons (Fsp3) is 0.792. The van der Waals surface area contributed by atoms with Crippen LogP contribution in [0, 0.1) is 34.5 Å². The standard InChI is InChI=1S/C24H38N6/c1-23-13-4-3-6-16(23)8-9-17-18-10-11-20(24(18,2)14-12-19(17)23)30-21(7-5-15-27-30)28-29-22(25)26/h5,7,15-20H,3-4,6,8-14H2,1-2H3,(H4,25,26,29)/t16?,17-,18-,19+,20?,23-,24-/m0/s1. The molecule has 0 bridgehead atoms. The van der Waals surface area contributed by atoms with Crippen LogP contribution in [0.5, 0.6) is 0 Å². The molecule has 4 aliphatic carbocycles.